The number of terminal acetylenes is 1. The van der Waals surface area contributed by atoms with Gasteiger partial charge in [0, 0.05) is 0 Å². The lowest BCUT2D eigenvalue weighted by Gasteiger charge is -2.12. The van der Waals surface area contributed by atoms with Crippen LogP contribution in [-0.4, -0.2) is 0 Å². The number of hydrogen-bond acceptors (Lipinski definition) is 0. The molecule has 4 rings (SSSR count). The Kier molecular flexibility index (Phi) is 8.26. The van der Waals surface area contributed by atoms with Gasteiger partial charge in [0.15, 0.2) is 0 Å². The fraction of sp³-hybridized carbons (Fsp3) is 0.172. The van der Waals surface area contributed by atoms with Gasteiger partial charge in [-0.15, -0.1) is 12.3 Å². The fourth-order valence-corrected chi connectivity index (χ4v) is 3.63. The maximum absolute atomic E-state index is 4.60. The highest BCUT2D eigenvalue weighted by Gasteiger charge is 2.09. The maximum Gasteiger partial charge on any atom is -0.00297 e. The van der Waals surface area contributed by atoms with Gasteiger partial charge in [-0.2, -0.15) is 0 Å². The van der Waals surface area contributed by atoms with Crippen molar-refractivity contribution in [1.29, 1.82) is 0 Å². The zero-order valence-electron chi connectivity index (χ0n) is 18.2. The van der Waals surface area contributed by atoms with E-state index < -0.39 is 0 Å². The van der Waals surface area contributed by atoms with Gasteiger partial charge in [0.1, 0.15) is 0 Å². The quantitative estimate of drug-likeness (QED) is 0.186. The van der Waals surface area contributed by atoms with Crippen molar-refractivity contribution in [3.63, 3.8) is 0 Å². The van der Waals surface area contributed by atoms with Crippen LogP contribution in [0.2, 0.25) is 0 Å². The lowest BCUT2D eigenvalue weighted by molar-refractivity contribution is 1.50. The van der Waals surface area contributed by atoms with Crippen LogP contribution in [0, 0.1) is 12.3 Å². The first-order chi connectivity index (χ1) is 14.2. The lowest BCUT2D eigenvalue weighted by atomic mass is 9.92. The van der Waals surface area contributed by atoms with Gasteiger partial charge in [-0.25, -0.2) is 0 Å². The van der Waals surface area contributed by atoms with E-state index >= 15 is 0 Å². The van der Waals surface area contributed by atoms with Gasteiger partial charge in [0.25, 0.3) is 0 Å². The third-order valence-electron chi connectivity index (χ3n) is 4.73. The van der Waals surface area contributed by atoms with E-state index in [1.165, 1.54) is 43.5 Å². The van der Waals surface area contributed by atoms with Crippen molar-refractivity contribution in [2.75, 3.05) is 0 Å². The van der Waals surface area contributed by atoms with Crippen LogP contribution >= 0.6 is 0 Å². The Labute approximate surface area is 175 Å². The molecule has 0 aromatic heterocycles. The van der Waals surface area contributed by atoms with Crippen LogP contribution in [0.4, 0.5) is 0 Å². The van der Waals surface area contributed by atoms with Crippen LogP contribution < -0.4 is 0 Å². The summed E-state index contributed by atoms with van der Waals surface area (Å²) >= 11 is 0. The van der Waals surface area contributed by atoms with Crippen molar-refractivity contribution in [2.45, 2.75) is 34.6 Å². The number of hydrogen-bond donors (Lipinski definition) is 0. The van der Waals surface area contributed by atoms with Gasteiger partial charge in [-0.05, 0) is 70.3 Å². The van der Waals surface area contributed by atoms with E-state index in [1.807, 2.05) is 13.8 Å². The summed E-state index contributed by atoms with van der Waals surface area (Å²) in [5.74, 6) is 2.25. The largest absolute Gasteiger partial charge is 0.120 e. The zero-order chi connectivity index (χ0) is 21.2. The van der Waals surface area contributed by atoms with Crippen molar-refractivity contribution in [3.8, 4) is 12.3 Å². The molecule has 4 aromatic carbocycles. The maximum atomic E-state index is 4.60. The molecule has 0 saturated heterocycles. The van der Waals surface area contributed by atoms with Crippen LogP contribution in [0.1, 0.15) is 40.2 Å². The number of allylic oxidation sites excluding steroid dienone is 4. The molecule has 0 spiro atoms. The molecule has 0 bridgehead atoms. The van der Waals surface area contributed by atoms with Gasteiger partial charge < -0.3 is 0 Å². The fourth-order valence-electron chi connectivity index (χ4n) is 3.63. The van der Waals surface area contributed by atoms with Crippen LogP contribution in [0.3, 0.4) is 0 Å². The second kappa shape index (κ2) is 10.9. The molecule has 0 aliphatic heterocycles. The minimum absolute atomic E-state index is 1.26. The Balaban J connectivity index is 0.000000551. The summed E-state index contributed by atoms with van der Waals surface area (Å²) in [6.45, 7) is 9.81. The van der Waals surface area contributed by atoms with E-state index in [4.69, 9.17) is 0 Å². The second-order valence-corrected chi connectivity index (χ2v) is 6.38. The molecule has 0 saturated carbocycles. The summed E-state index contributed by atoms with van der Waals surface area (Å²) in [4.78, 5) is 0. The number of rotatable bonds is 2. The van der Waals surface area contributed by atoms with E-state index in [9.17, 15) is 0 Å². The Bertz CT molecular complexity index is 1160. The summed E-state index contributed by atoms with van der Waals surface area (Å²) < 4.78 is 0. The number of benzene rings is 4. The van der Waals surface area contributed by atoms with Crippen molar-refractivity contribution in [2.24, 2.45) is 0 Å². The first-order valence-electron chi connectivity index (χ1n) is 10.2. The molecule has 0 heteroatoms. The lowest BCUT2D eigenvalue weighted by Crippen LogP contribution is -1.86. The summed E-state index contributed by atoms with van der Waals surface area (Å²) in [6.07, 6.45) is 11.0. The SMILES string of the molecule is C#CC.C/C=C\C(=C/C)c1ccc2c3ccccc3c3ccccc3c2c1.CC. The minimum atomic E-state index is 1.26. The highest BCUT2D eigenvalue weighted by atomic mass is 14.1. The molecule has 0 N–H and O–H groups in total. The van der Waals surface area contributed by atoms with Gasteiger partial charge in [0.05, 0.1) is 0 Å². The van der Waals surface area contributed by atoms with E-state index in [0.29, 0.717) is 0 Å². The Morgan fingerprint density at radius 1 is 0.724 bits per heavy atom. The molecule has 146 valence electrons. The van der Waals surface area contributed by atoms with Crippen molar-refractivity contribution < 1.29 is 0 Å². The van der Waals surface area contributed by atoms with Gasteiger partial charge in [-0.1, -0.05) is 92.7 Å². The summed E-state index contributed by atoms with van der Waals surface area (Å²) in [6, 6.07) is 24.3. The van der Waals surface area contributed by atoms with Crippen LogP contribution in [0.15, 0.2) is 85.0 Å². The summed E-state index contributed by atoms with van der Waals surface area (Å²) in [5.41, 5.74) is 2.53. The molecular formula is C29H30. The molecule has 0 radical (unpaired) electrons. The van der Waals surface area contributed by atoms with E-state index in [0.717, 1.165) is 0 Å². The highest BCUT2D eigenvalue weighted by molar-refractivity contribution is 6.25. The zero-order valence-corrected chi connectivity index (χ0v) is 18.2. The standard InChI is InChI=1S/C24H20.C3H4.C2H6/c1-3-9-17(4-2)18-14-15-23-21-12-6-5-10-19(21)20-11-7-8-13-22(20)24(23)16-18;1-3-2;1-2/h3-16H,1-2H3;1H,2H3;1-2H3/b9-3-,17-4+;;. The first kappa shape index (κ1) is 22.0. The molecule has 0 aliphatic rings. The molecule has 29 heavy (non-hydrogen) atoms. The van der Waals surface area contributed by atoms with Crippen molar-refractivity contribution >= 4 is 37.9 Å². The third-order valence-corrected chi connectivity index (χ3v) is 4.73. The Morgan fingerprint density at radius 3 is 1.55 bits per heavy atom. The third kappa shape index (κ3) is 4.58. The molecule has 0 heterocycles. The van der Waals surface area contributed by atoms with Gasteiger partial charge in [0.2, 0.25) is 0 Å². The van der Waals surface area contributed by atoms with Gasteiger partial charge in [-0.3, -0.25) is 0 Å². The van der Waals surface area contributed by atoms with Crippen LogP contribution in [-0.2, 0) is 0 Å². The predicted molar refractivity (Wildman–Crippen MR) is 133 cm³/mol. The molecule has 0 aliphatic carbocycles. The topological polar surface area (TPSA) is 0 Å². The van der Waals surface area contributed by atoms with Crippen LogP contribution in [0.5, 0.6) is 0 Å². The molecule has 4 aromatic rings. The van der Waals surface area contributed by atoms with Gasteiger partial charge >= 0.3 is 0 Å². The number of fused-ring (bicyclic) bond motifs is 6. The van der Waals surface area contributed by atoms with Crippen LogP contribution in [0.25, 0.3) is 37.9 Å². The average molecular weight is 379 g/mol. The average Bonchev–Trinajstić information content (AvgIpc) is 2.79. The van der Waals surface area contributed by atoms with Crippen molar-refractivity contribution in [1.82, 2.24) is 0 Å². The van der Waals surface area contributed by atoms with Crippen molar-refractivity contribution in [3.05, 3.63) is 90.5 Å². The predicted octanol–water partition coefficient (Wildman–Crippen LogP) is 8.79. The minimum Gasteiger partial charge on any atom is -0.120 e. The Morgan fingerprint density at radius 2 is 1.14 bits per heavy atom. The van der Waals surface area contributed by atoms with E-state index in [2.05, 4.69) is 111 Å². The highest BCUT2D eigenvalue weighted by Crippen LogP contribution is 2.36. The molecule has 0 amide bonds. The Hall–Kier alpha value is -3.30. The normalized spacial score (nSPS) is 11.0. The van der Waals surface area contributed by atoms with E-state index in [-0.39, 0.29) is 0 Å². The molecule has 0 unspecified atom stereocenters. The molecule has 0 nitrogen and oxygen atoms in total. The molecule has 0 fully saturated rings. The molecule has 0 atom stereocenters. The smallest absolute Gasteiger partial charge is 0.00297 e. The monoisotopic (exact) mass is 378 g/mol. The summed E-state index contributed by atoms with van der Waals surface area (Å²) in [5, 5.41) is 7.95. The second-order valence-electron chi connectivity index (χ2n) is 6.38. The molecular weight excluding hydrogens is 348 g/mol. The van der Waals surface area contributed by atoms with E-state index in [1.54, 1.807) is 6.92 Å². The summed E-state index contributed by atoms with van der Waals surface area (Å²) in [7, 11) is 0. The first-order valence-corrected chi connectivity index (χ1v) is 10.2.